The number of likely N-dealkylation sites (tertiary alicyclic amines) is 1. The lowest BCUT2D eigenvalue weighted by Gasteiger charge is -2.46. The van der Waals surface area contributed by atoms with Gasteiger partial charge in [-0.15, -0.1) is 0 Å². The number of nitrogens with zero attached hydrogens (tertiary/aromatic N) is 1. The van der Waals surface area contributed by atoms with Crippen LogP contribution in [-0.2, 0) is 9.59 Å². The van der Waals surface area contributed by atoms with Crippen molar-refractivity contribution in [3.63, 3.8) is 0 Å². The molecule has 1 aromatic rings. The molecule has 1 heterocycles. The summed E-state index contributed by atoms with van der Waals surface area (Å²) in [6, 6.07) is 10.9. The molecule has 1 saturated heterocycles. The molecule has 2 aliphatic rings. The highest BCUT2D eigenvalue weighted by molar-refractivity contribution is 5.80. The van der Waals surface area contributed by atoms with Crippen LogP contribution in [0.1, 0.15) is 70.3 Å². The Bertz CT molecular complexity index is 612. The minimum Gasteiger partial charge on any atom is -0.300 e. The first-order chi connectivity index (χ1) is 12.6. The maximum atomic E-state index is 12.7. The van der Waals surface area contributed by atoms with Crippen molar-refractivity contribution in [2.75, 3.05) is 13.1 Å². The molecule has 0 unspecified atom stereocenters. The van der Waals surface area contributed by atoms with E-state index < -0.39 is 0 Å². The summed E-state index contributed by atoms with van der Waals surface area (Å²) in [7, 11) is 0. The lowest BCUT2D eigenvalue weighted by Crippen LogP contribution is -2.51. The van der Waals surface area contributed by atoms with Crippen molar-refractivity contribution in [3.05, 3.63) is 35.9 Å². The number of fused-ring (bicyclic) bond motifs is 1. The predicted molar refractivity (Wildman–Crippen MR) is 105 cm³/mol. The van der Waals surface area contributed by atoms with Gasteiger partial charge in [-0.3, -0.25) is 14.5 Å². The van der Waals surface area contributed by atoms with Crippen LogP contribution in [0.3, 0.4) is 0 Å². The number of piperidine rings is 1. The van der Waals surface area contributed by atoms with Crippen molar-refractivity contribution < 1.29 is 9.59 Å². The Kier molecular flexibility index (Phi) is 6.63. The molecule has 3 rings (SSSR count). The lowest BCUT2D eigenvalue weighted by molar-refractivity contribution is -0.125. The summed E-state index contributed by atoms with van der Waals surface area (Å²) in [4.78, 5) is 27.2. The molecule has 0 radical (unpaired) electrons. The van der Waals surface area contributed by atoms with Crippen molar-refractivity contribution in [3.8, 4) is 0 Å². The molecular weight excluding hydrogens is 322 g/mol. The maximum Gasteiger partial charge on any atom is 0.133 e. The Hall–Kier alpha value is -1.48. The molecular formula is C23H33NO2. The highest BCUT2D eigenvalue weighted by atomic mass is 16.1. The van der Waals surface area contributed by atoms with Gasteiger partial charge in [0.05, 0.1) is 0 Å². The Balaban J connectivity index is 1.58. The Morgan fingerprint density at radius 1 is 1.27 bits per heavy atom. The van der Waals surface area contributed by atoms with E-state index in [0.29, 0.717) is 42.3 Å². The van der Waals surface area contributed by atoms with E-state index in [-0.39, 0.29) is 5.92 Å². The quantitative estimate of drug-likeness (QED) is 0.717. The molecule has 1 saturated carbocycles. The Morgan fingerprint density at radius 2 is 2.04 bits per heavy atom. The second-order valence-corrected chi connectivity index (χ2v) is 8.46. The van der Waals surface area contributed by atoms with Gasteiger partial charge in [-0.2, -0.15) is 0 Å². The van der Waals surface area contributed by atoms with Crippen LogP contribution in [0, 0.1) is 11.8 Å². The third kappa shape index (κ3) is 4.82. The van der Waals surface area contributed by atoms with E-state index in [2.05, 4.69) is 30.9 Å². The van der Waals surface area contributed by atoms with Crippen molar-refractivity contribution in [1.29, 1.82) is 0 Å². The average Bonchev–Trinajstić information content (AvgIpc) is 2.62. The number of rotatable bonds is 7. The normalized spacial score (nSPS) is 27.8. The number of hydrogen-bond acceptors (Lipinski definition) is 3. The smallest absolute Gasteiger partial charge is 0.133 e. The zero-order chi connectivity index (χ0) is 18.5. The van der Waals surface area contributed by atoms with Gasteiger partial charge in [0, 0.05) is 38.3 Å². The first-order valence-corrected chi connectivity index (χ1v) is 10.4. The van der Waals surface area contributed by atoms with Gasteiger partial charge < -0.3 is 0 Å². The summed E-state index contributed by atoms with van der Waals surface area (Å²) < 4.78 is 0. The second-order valence-electron chi connectivity index (χ2n) is 8.46. The van der Waals surface area contributed by atoms with Crippen LogP contribution in [0.25, 0.3) is 0 Å². The van der Waals surface area contributed by atoms with Crippen molar-refractivity contribution in [1.82, 2.24) is 4.90 Å². The number of benzene rings is 1. The molecule has 1 aliphatic heterocycles. The van der Waals surface area contributed by atoms with E-state index in [1.807, 2.05) is 18.2 Å². The summed E-state index contributed by atoms with van der Waals surface area (Å²) in [6.07, 6.45) is 6.01. The Morgan fingerprint density at radius 3 is 2.77 bits per heavy atom. The summed E-state index contributed by atoms with van der Waals surface area (Å²) in [5.74, 6) is 1.98. The summed E-state index contributed by atoms with van der Waals surface area (Å²) in [6.45, 7) is 6.50. The zero-order valence-electron chi connectivity index (χ0n) is 16.3. The highest BCUT2D eigenvalue weighted by Gasteiger charge is 2.39. The van der Waals surface area contributed by atoms with E-state index in [1.54, 1.807) is 0 Å². The molecule has 0 N–H and O–H groups in total. The molecule has 0 amide bonds. The van der Waals surface area contributed by atoms with Crippen molar-refractivity contribution >= 4 is 11.6 Å². The summed E-state index contributed by atoms with van der Waals surface area (Å²) >= 11 is 0. The minimum atomic E-state index is 0.281. The molecule has 3 heteroatoms. The molecule has 1 aliphatic carbocycles. The molecule has 142 valence electrons. The second kappa shape index (κ2) is 8.94. The van der Waals surface area contributed by atoms with Crippen LogP contribution >= 0.6 is 0 Å². The summed E-state index contributed by atoms with van der Waals surface area (Å²) in [5, 5.41) is 0. The first-order valence-electron chi connectivity index (χ1n) is 10.4. The number of Topliss-reactive ketones (excluding diaryl/α,β-unsaturated/α-hetero) is 2. The predicted octanol–water partition coefficient (Wildman–Crippen LogP) is 4.61. The van der Waals surface area contributed by atoms with Gasteiger partial charge in [-0.1, -0.05) is 44.2 Å². The standard InChI is InChI=1S/C23H33NO2/c1-3-11-24-16-18(13-20-15-21(25)9-10-23(20)24)14-22(26)12-17(2)19-7-5-4-6-8-19/h4-8,17-18,20,23H,3,9-16H2,1-2H3/t17-,18-,20-,23-/m1/s1. The van der Waals surface area contributed by atoms with E-state index in [4.69, 9.17) is 0 Å². The van der Waals surface area contributed by atoms with Crippen LogP contribution in [-0.4, -0.2) is 35.6 Å². The molecule has 26 heavy (non-hydrogen) atoms. The molecule has 3 nitrogen and oxygen atoms in total. The number of carbonyl (C=O) groups is 2. The van der Waals surface area contributed by atoms with Gasteiger partial charge in [-0.25, -0.2) is 0 Å². The zero-order valence-corrected chi connectivity index (χ0v) is 16.3. The monoisotopic (exact) mass is 355 g/mol. The van der Waals surface area contributed by atoms with E-state index in [1.165, 1.54) is 5.56 Å². The van der Waals surface area contributed by atoms with Crippen LogP contribution in [0.5, 0.6) is 0 Å². The van der Waals surface area contributed by atoms with Crippen LogP contribution in [0.4, 0.5) is 0 Å². The fourth-order valence-corrected chi connectivity index (χ4v) is 5.10. The van der Waals surface area contributed by atoms with Crippen molar-refractivity contribution in [2.45, 2.75) is 70.8 Å². The maximum absolute atomic E-state index is 12.7. The third-order valence-electron chi connectivity index (χ3n) is 6.28. The van der Waals surface area contributed by atoms with Gasteiger partial charge in [0.15, 0.2) is 0 Å². The van der Waals surface area contributed by atoms with Gasteiger partial charge in [0.25, 0.3) is 0 Å². The summed E-state index contributed by atoms with van der Waals surface area (Å²) in [5.41, 5.74) is 1.25. The van der Waals surface area contributed by atoms with E-state index >= 15 is 0 Å². The molecule has 0 aromatic heterocycles. The number of ketones is 2. The van der Waals surface area contributed by atoms with E-state index in [0.717, 1.165) is 45.2 Å². The first kappa shape index (κ1) is 19.3. The number of hydrogen-bond donors (Lipinski definition) is 0. The SMILES string of the molecule is CCCN1C[C@@H](CC(=O)C[C@@H](C)c2ccccc2)C[C@@H]2CC(=O)CC[C@H]21. The highest BCUT2D eigenvalue weighted by Crippen LogP contribution is 2.38. The minimum absolute atomic E-state index is 0.281. The lowest BCUT2D eigenvalue weighted by atomic mass is 9.73. The number of carbonyl (C=O) groups excluding carboxylic acids is 2. The van der Waals surface area contributed by atoms with Crippen molar-refractivity contribution in [2.24, 2.45) is 11.8 Å². The fourth-order valence-electron chi connectivity index (χ4n) is 5.10. The van der Waals surface area contributed by atoms with Gasteiger partial charge in [0.2, 0.25) is 0 Å². The molecule has 2 fully saturated rings. The van der Waals surface area contributed by atoms with Crippen LogP contribution in [0.15, 0.2) is 30.3 Å². The largest absolute Gasteiger partial charge is 0.300 e. The van der Waals surface area contributed by atoms with Crippen LogP contribution < -0.4 is 0 Å². The van der Waals surface area contributed by atoms with Gasteiger partial charge in [-0.05, 0) is 49.1 Å². The third-order valence-corrected chi connectivity index (χ3v) is 6.28. The molecule has 4 atom stereocenters. The van der Waals surface area contributed by atoms with Gasteiger partial charge in [0.1, 0.15) is 11.6 Å². The van der Waals surface area contributed by atoms with Crippen LogP contribution in [0.2, 0.25) is 0 Å². The Labute approximate surface area is 158 Å². The molecule has 0 spiro atoms. The van der Waals surface area contributed by atoms with E-state index in [9.17, 15) is 9.59 Å². The molecule has 1 aromatic carbocycles. The average molecular weight is 356 g/mol. The van der Waals surface area contributed by atoms with Gasteiger partial charge >= 0.3 is 0 Å². The topological polar surface area (TPSA) is 37.4 Å². The molecule has 0 bridgehead atoms. The fraction of sp³-hybridized carbons (Fsp3) is 0.652.